The summed E-state index contributed by atoms with van der Waals surface area (Å²) in [6, 6.07) is 58.8. The maximum Gasteiger partial charge on any atom is 0.0625 e. The van der Waals surface area contributed by atoms with Crippen LogP contribution >= 0.6 is 0 Å². The number of rotatable bonds is 6. The molecule has 0 saturated heterocycles. The summed E-state index contributed by atoms with van der Waals surface area (Å²) >= 11 is 0. The molecule has 62 heavy (non-hydrogen) atoms. The van der Waals surface area contributed by atoms with E-state index < -0.39 is 0 Å². The molecule has 11 aromatic rings. The molecule has 0 spiro atoms. The van der Waals surface area contributed by atoms with Crippen molar-refractivity contribution in [1.82, 2.24) is 18.3 Å². The summed E-state index contributed by atoms with van der Waals surface area (Å²) < 4.78 is 9.77. The monoisotopic (exact) mass is 802 g/mol. The molecular weight excluding hydrogens is 753 g/mol. The molecule has 0 N–H and O–H groups in total. The molecule has 0 aliphatic carbocycles. The molecule has 302 valence electrons. The van der Waals surface area contributed by atoms with Crippen LogP contribution in [0.1, 0.15) is 45.0 Å². The summed E-state index contributed by atoms with van der Waals surface area (Å²) in [5, 5.41) is 5.04. The third-order valence-electron chi connectivity index (χ3n) is 13.3. The molecule has 0 fully saturated rings. The Kier molecular flexibility index (Phi) is 8.59. The highest BCUT2D eigenvalue weighted by Gasteiger charge is 2.20. The summed E-state index contributed by atoms with van der Waals surface area (Å²) in [7, 11) is 0. The van der Waals surface area contributed by atoms with Crippen molar-refractivity contribution in [2.24, 2.45) is 0 Å². The molecule has 0 aliphatic heterocycles. The Labute approximate surface area is 363 Å². The Morgan fingerprint density at radius 1 is 0.290 bits per heavy atom. The molecular formula is C58H50N4. The smallest absolute Gasteiger partial charge is 0.0625 e. The standard InChI is InChI=1S/C58H50N4/c1-35-14-9-15-36(2)55(35)61-41(7)30-51-53(61)26-24-47-28-39(5)59(57(47)51)49-22-12-20-45(33-49)43-18-11-19-44(32-43)46-21-13-23-50(34-46)60-40(6)29-48-25-27-54-52(58(48)60)31-42(8)62(54)56-37(3)16-10-17-38(56)4/h9-34H,1-8H3. The minimum absolute atomic E-state index is 1.16. The predicted molar refractivity (Wildman–Crippen MR) is 263 cm³/mol. The molecule has 11 rings (SSSR count). The lowest BCUT2D eigenvalue weighted by atomic mass is 9.98. The molecule has 7 aromatic carbocycles. The van der Waals surface area contributed by atoms with Gasteiger partial charge in [-0.05, 0) is 167 Å². The summed E-state index contributed by atoms with van der Waals surface area (Å²) in [5.41, 5.74) is 24.6. The Morgan fingerprint density at radius 3 is 1.03 bits per heavy atom. The molecule has 0 radical (unpaired) electrons. The van der Waals surface area contributed by atoms with Crippen molar-refractivity contribution < 1.29 is 0 Å². The third-order valence-corrected chi connectivity index (χ3v) is 13.3. The lowest BCUT2D eigenvalue weighted by Crippen LogP contribution is -2.02. The van der Waals surface area contributed by atoms with Gasteiger partial charge in [0, 0.05) is 55.7 Å². The van der Waals surface area contributed by atoms with Crippen LogP contribution in [0.25, 0.3) is 88.6 Å². The fourth-order valence-electron chi connectivity index (χ4n) is 10.6. The van der Waals surface area contributed by atoms with Crippen molar-refractivity contribution >= 4 is 43.6 Å². The predicted octanol–water partition coefficient (Wildman–Crippen LogP) is 15.3. The van der Waals surface area contributed by atoms with E-state index in [-0.39, 0.29) is 0 Å². The number of hydrogen-bond donors (Lipinski definition) is 0. The van der Waals surface area contributed by atoms with Crippen LogP contribution < -0.4 is 0 Å². The van der Waals surface area contributed by atoms with E-state index in [1.807, 2.05) is 0 Å². The van der Waals surface area contributed by atoms with Gasteiger partial charge >= 0.3 is 0 Å². The molecule has 0 aliphatic rings. The highest BCUT2D eigenvalue weighted by molar-refractivity contribution is 6.08. The van der Waals surface area contributed by atoms with Crippen molar-refractivity contribution in [2.45, 2.75) is 55.4 Å². The number of aryl methyl sites for hydroxylation is 8. The average Bonchev–Trinajstić information content (AvgIpc) is 3.99. The number of aromatic nitrogens is 4. The first-order valence-corrected chi connectivity index (χ1v) is 21.8. The highest BCUT2D eigenvalue weighted by atomic mass is 15.0. The van der Waals surface area contributed by atoms with Crippen LogP contribution in [0, 0.1) is 55.4 Å². The van der Waals surface area contributed by atoms with E-state index in [1.54, 1.807) is 0 Å². The second kappa shape index (κ2) is 14.1. The number of benzene rings is 7. The van der Waals surface area contributed by atoms with E-state index >= 15 is 0 Å². The van der Waals surface area contributed by atoms with Crippen molar-refractivity contribution in [3.05, 3.63) is 203 Å². The normalized spacial score (nSPS) is 11.9. The SMILES string of the molecule is Cc1cccc(C)c1-n1c(C)cc2c1ccc1cc(C)n(-c3cccc(-c4cccc(-c5cccc(-n6c(C)cc7ccc8c(cc(C)n8-c8c(C)cccc8C)c76)c5)c4)c3)c12. The van der Waals surface area contributed by atoms with Crippen LogP contribution in [0.5, 0.6) is 0 Å². The van der Waals surface area contributed by atoms with Gasteiger partial charge in [0.1, 0.15) is 0 Å². The molecule has 0 unspecified atom stereocenters. The molecule has 4 nitrogen and oxygen atoms in total. The van der Waals surface area contributed by atoms with Gasteiger partial charge in [-0.15, -0.1) is 0 Å². The third kappa shape index (κ3) is 5.74. The summed E-state index contributed by atoms with van der Waals surface area (Å²) in [6.07, 6.45) is 0. The largest absolute Gasteiger partial charge is 0.313 e. The van der Waals surface area contributed by atoms with E-state index in [2.05, 4.69) is 231 Å². The fraction of sp³-hybridized carbons (Fsp3) is 0.138. The first kappa shape index (κ1) is 37.7. The molecule has 4 heteroatoms. The minimum atomic E-state index is 1.16. The Hall–Kier alpha value is -7.30. The molecule has 4 heterocycles. The Balaban J connectivity index is 0.991. The van der Waals surface area contributed by atoms with Crippen molar-refractivity contribution in [2.75, 3.05) is 0 Å². The number of fused-ring (bicyclic) bond motifs is 6. The first-order valence-electron chi connectivity index (χ1n) is 21.8. The summed E-state index contributed by atoms with van der Waals surface area (Å²) in [5.74, 6) is 0. The van der Waals surface area contributed by atoms with Gasteiger partial charge in [0.2, 0.25) is 0 Å². The Morgan fingerprint density at radius 2 is 0.629 bits per heavy atom. The second-order valence-corrected chi connectivity index (χ2v) is 17.5. The van der Waals surface area contributed by atoms with Crippen molar-refractivity contribution in [1.29, 1.82) is 0 Å². The van der Waals surface area contributed by atoms with Gasteiger partial charge in [-0.3, -0.25) is 0 Å². The van der Waals surface area contributed by atoms with Crippen LogP contribution in [-0.4, -0.2) is 18.3 Å². The van der Waals surface area contributed by atoms with Crippen LogP contribution in [-0.2, 0) is 0 Å². The zero-order chi connectivity index (χ0) is 42.6. The first-order chi connectivity index (χ1) is 30.0. The highest BCUT2D eigenvalue weighted by Crippen LogP contribution is 2.39. The van der Waals surface area contributed by atoms with Gasteiger partial charge in [0.25, 0.3) is 0 Å². The van der Waals surface area contributed by atoms with E-state index in [4.69, 9.17) is 0 Å². The van der Waals surface area contributed by atoms with Gasteiger partial charge in [-0.1, -0.05) is 91.0 Å². The summed E-state index contributed by atoms with van der Waals surface area (Å²) in [4.78, 5) is 0. The average molecular weight is 803 g/mol. The zero-order valence-electron chi connectivity index (χ0n) is 36.8. The van der Waals surface area contributed by atoms with E-state index in [0.717, 1.165) is 11.4 Å². The quantitative estimate of drug-likeness (QED) is 0.160. The number of para-hydroxylation sites is 2. The maximum atomic E-state index is 2.45. The molecule has 0 amide bonds. The topological polar surface area (TPSA) is 19.7 Å². The minimum Gasteiger partial charge on any atom is -0.313 e. The van der Waals surface area contributed by atoms with Gasteiger partial charge in [-0.2, -0.15) is 0 Å². The van der Waals surface area contributed by atoms with Crippen molar-refractivity contribution in [3.63, 3.8) is 0 Å². The van der Waals surface area contributed by atoms with Gasteiger partial charge in [-0.25, -0.2) is 0 Å². The van der Waals surface area contributed by atoms with Crippen LogP contribution in [0.3, 0.4) is 0 Å². The van der Waals surface area contributed by atoms with Gasteiger partial charge in [0.05, 0.1) is 33.4 Å². The number of nitrogens with zero attached hydrogens (tertiary/aromatic N) is 4. The van der Waals surface area contributed by atoms with Crippen LogP contribution in [0.4, 0.5) is 0 Å². The van der Waals surface area contributed by atoms with Crippen molar-refractivity contribution in [3.8, 4) is 45.0 Å². The van der Waals surface area contributed by atoms with E-state index in [1.165, 1.54) is 122 Å². The Bertz CT molecular complexity index is 3340. The summed E-state index contributed by atoms with van der Waals surface area (Å²) in [6.45, 7) is 17.8. The molecule has 0 bridgehead atoms. The molecule has 0 atom stereocenters. The lowest BCUT2D eigenvalue weighted by Gasteiger charge is -2.15. The molecule has 0 saturated carbocycles. The van der Waals surface area contributed by atoms with E-state index in [9.17, 15) is 0 Å². The maximum absolute atomic E-state index is 2.45. The second-order valence-electron chi connectivity index (χ2n) is 17.5. The van der Waals surface area contributed by atoms with Crippen LogP contribution in [0.15, 0.2) is 158 Å². The lowest BCUT2D eigenvalue weighted by molar-refractivity contribution is 1.02. The van der Waals surface area contributed by atoms with Crippen LogP contribution in [0.2, 0.25) is 0 Å². The van der Waals surface area contributed by atoms with Gasteiger partial charge in [0.15, 0.2) is 0 Å². The molecule has 4 aromatic heterocycles. The van der Waals surface area contributed by atoms with Gasteiger partial charge < -0.3 is 18.3 Å². The zero-order valence-corrected chi connectivity index (χ0v) is 36.8. The fourth-order valence-corrected chi connectivity index (χ4v) is 10.6. The number of hydrogen-bond acceptors (Lipinski definition) is 0. The van der Waals surface area contributed by atoms with E-state index in [0.29, 0.717) is 0 Å².